The van der Waals surface area contributed by atoms with E-state index in [1.165, 1.54) is 6.07 Å². The Morgan fingerprint density at radius 1 is 1.47 bits per heavy atom. The van der Waals surface area contributed by atoms with Gasteiger partial charge in [-0.25, -0.2) is 9.18 Å². The summed E-state index contributed by atoms with van der Waals surface area (Å²) in [6.07, 6.45) is 1.78. The van der Waals surface area contributed by atoms with Crippen LogP contribution in [0.4, 0.5) is 15.8 Å². The number of piperidine rings is 1. The van der Waals surface area contributed by atoms with Gasteiger partial charge >= 0.3 is 5.97 Å². The van der Waals surface area contributed by atoms with Crippen LogP contribution in [0.1, 0.15) is 23.2 Å². The van der Waals surface area contributed by atoms with Crippen molar-refractivity contribution in [3.05, 3.63) is 23.5 Å². The van der Waals surface area contributed by atoms with Crippen molar-refractivity contribution in [1.29, 1.82) is 0 Å². The first kappa shape index (κ1) is 13.6. The van der Waals surface area contributed by atoms with Gasteiger partial charge < -0.3 is 20.5 Å². The molecule has 0 aromatic heterocycles. The van der Waals surface area contributed by atoms with Crippen LogP contribution in [-0.4, -0.2) is 37.4 Å². The van der Waals surface area contributed by atoms with Gasteiger partial charge in [0, 0.05) is 25.9 Å². The molecule has 1 fully saturated rings. The first-order valence-electron chi connectivity index (χ1n) is 6.13. The number of nitrogens with zero attached hydrogens (tertiary/aromatic N) is 1. The lowest BCUT2D eigenvalue weighted by atomic mass is 10.1. The maximum atomic E-state index is 13.9. The van der Waals surface area contributed by atoms with Crippen LogP contribution in [0, 0.1) is 5.82 Å². The molecule has 2 rings (SSSR count). The van der Waals surface area contributed by atoms with Crippen LogP contribution in [0.3, 0.4) is 0 Å². The zero-order valence-electron chi connectivity index (χ0n) is 10.7. The van der Waals surface area contributed by atoms with Gasteiger partial charge in [0.05, 0.1) is 17.4 Å². The molecule has 104 valence electrons. The van der Waals surface area contributed by atoms with Crippen molar-refractivity contribution in [2.24, 2.45) is 0 Å². The monoisotopic (exact) mass is 268 g/mol. The quantitative estimate of drug-likeness (QED) is 0.816. The molecule has 0 radical (unpaired) electrons. The minimum Gasteiger partial charge on any atom is -0.478 e. The van der Waals surface area contributed by atoms with Crippen molar-refractivity contribution < 1.29 is 19.0 Å². The van der Waals surface area contributed by atoms with Crippen molar-refractivity contribution in [3.63, 3.8) is 0 Å². The van der Waals surface area contributed by atoms with Crippen molar-refractivity contribution in [2.75, 3.05) is 30.8 Å². The molecule has 1 heterocycles. The van der Waals surface area contributed by atoms with Gasteiger partial charge in [-0.1, -0.05) is 0 Å². The maximum Gasteiger partial charge on any atom is 0.337 e. The number of methoxy groups -OCH3 is 1. The number of rotatable bonds is 3. The predicted molar refractivity (Wildman–Crippen MR) is 70.0 cm³/mol. The highest BCUT2D eigenvalue weighted by molar-refractivity contribution is 5.95. The number of hydrogen-bond acceptors (Lipinski definition) is 4. The summed E-state index contributed by atoms with van der Waals surface area (Å²) in [4.78, 5) is 12.9. The van der Waals surface area contributed by atoms with E-state index >= 15 is 0 Å². The molecule has 6 heteroatoms. The van der Waals surface area contributed by atoms with Crippen LogP contribution in [0.25, 0.3) is 0 Å². The molecule has 19 heavy (non-hydrogen) atoms. The van der Waals surface area contributed by atoms with E-state index in [4.69, 9.17) is 15.6 Å². The second-order valence-corrected chi connectivity index (χ2v) is 4.62. The predicted octanol–water partition coefficient (Wildman–Crippen LogP) is 1.72. The third-order valence-electron chi connectivity index (χ3n) is 3.47. The van der Waals surface area contributed by atoms with Crippen LogP contribution >= 0.6 is 0 Å². The number of aromatic carboxylic acids is 1. The summed E-state index contributed by atoms with van der Waals surface area (Å²) in [5, 5.41) is 9.02. The normalized spacial score (nSPS) is 16.6. The largest absolute Gasteiger partial charge is 0.478 e. The Kier molecular flexibility index (Phi) is 3.90. The fourth-order valence-electron chi connectivity index (χ4n) is 2.34. The fourth-order valence-corrected chi connectivity index (χ4v) is 2.34. The van der Waals surface area contributed by atoms with Crippen LogP contribution < -0.4 is 10.6 Å². The Hall–Kier alpha value is -1.82. The minimum absolute atomic E-state index is 0.0551. The lowest BCUT2D eigenvalue weighted by Crippen LogP contribution is -2.37. The van der Waals surface area contributed by atoms with Crippen LogP contribution in [0.2, 0.25) is 0 Å². The summed E-state index contributed by atoms with van der Waals surface area (Å²) in [5.74, 6) is -1.64. The number of halogens is 1. The molecule has 1 aromatic carbocycles. The highest BCUT2D eigenvalue weighted by Crippen LogP contribution is 2.28. The summed E-state index contributed by atoms with van der Waals surface area (Å²) in [7, 11) is 1.66. The van der Waals surface area contributed by atoms with Gasteiger partial charge in [0.15, 0.2) is 0 Å². The number of nitrogens with two attached hydrogens (primary N) is 1. The van der Waals surface area contributed by atoms with E-state index in [1.807, 2.05) is 4.90 Å². The van der Waals surface area contributed by atoms with E-state index in [0.717, 1.165) is 18.9 Å². The summed E-state index contributed by atoms with van der Waals surface area (Å²) >= 11 is 0. The van der Waals surface area contributed by atoms with Gasteiger partial charge in [0.1, 0.15) is 5.82 Å². The second-order valence-electron chi connectivity index (χ2n) is 4.62. The molecule has 1 aromatic rings. The van der Waals surface area contributed by atoms with Crippen LogP contribution in [0.15, 0.2) is 12.1 Å². The van der Waals surface area contributed by atoms with Gasteiger partial charge in [-0.3, -0.25) is 0 Å². The highest BCUT2D eigenvalue weighted by atomic mass is 19.1. The van der Waals surface area contributed by atoms with Gasteiger partial charge in [-0.05, 0) is 25.0 Å². The molecule has 0 aliphatic carbocycles. The van der Waals surface area contributed by atoms with Crippen LogP contribution in [-0.2, 0) is 4.74 Å². The van der Waals surface area contributed by atoms with Crippen LogP contribution in [0.5, 0.6) is 0 Å². The van der Waals surface area contributed by atoms with Crippen molar-refractivity contribution in [2.45, 2.75) is 18.9 Å². The maximum absolute atomic E-state index is 13.9. The average molecular weight is 268 g/mol. The number of benzene rings is 1. The Morgan fingerprint density at radius 2 is 2.11 bits per heavy atom. The Morgan fingerprint density at radius 3 is 2.63 bits per heavy atom. The lowest BCUT2D eigenvalue weighted by molar-refractivity contribution is 0.0697. The first-order valence-corrected chi connectivity index (χ1v) is 6.13. The highest BCUT2D eigenvalue weighted by Gasteiger charge is 2.23. The lowest BCUT2D eigenvalue weighted by Gasteiger charge is -2.33. The zero-order valence-corrected chi connectivity index (χ0v) is 10.7. The first-order chi connectivity index (χ1) is 9.02. The van der Waals surface area contributed by atoms with Crippen molar-refractivity contribution in [3.8, 4) is 0 Å². The second kappa shape index (κ2) is 5.44. The smallest absolute Gasteiger partial charge is 0.337 e. The molecule has 1 aliphatic rings. The summed E-state index contributed by atoms with van der Waals surface area (Å²) in [6, 6.07) is 2.38. The molecule has 1 saturated heterocycles. The zero-order chi connectivity index (χ0) is 14.0. The minimum atomic E-state index is -1.15. The van der Waals surface area contributed by atoms with E-state index in [0.29, 0.717) is 18.8 Å². The number of carbonyl (C=O) groups is 1. The Bertz CT molecular complexity index is 485. The van der Waals surface area contributed by atoms with Gasteiger partial charge in [0.2, 0.25) is 0 Å². The number of hydrogen-bond donors (Lipinski definition) is 2. The molecule has 3 N–H and O–H groups in total. The molecule has 0 bridgehead atoms. The topological polar surface area (TPSA) is 75.8 Å². The molecule has 0 amide bonds. The summed E-state index contributed by atoms with van der Waals surface area (Å²) in [6.45, 7) is 1.27. The van der Waals surface area contributed by atoms with Crippen molar-refractivity contribution in [1.82, 2.24) is 0 Å². The molecule has 0 spiro atoms. The number of carboxylic acid groups (broad SMARTS) is 1. The standard InChI is InChI=1S/C13H17FN2O3/c1-19-8-2-4-16(5-3-8)12-6-9(13(17)18)11(15)7-10(12)14/h6-8H,2-5,15H2,1H3,(H,17,18). The molecule has 0 atom stereocenters. The number of nitrogen functional groups attached to an aromatic ring is 1. The van der Waals surface area contributed by atoms with Crippen molar-refractivity contribution >= 4 is 17.3 Å². The Balaban J connectivity index is 2.25. The van der Waals surface area contributed by atoms with Gasteiger partial charge in [-0.2, -0.15) is 0 Å². The molecule has 0 saturated carbocycles. The molecule has 0 unspecified atom stereocenters. The fraction of sp³-hybridized carbons (Fsp3) is 0.462. The number of anilines is 2. The molecule has 5 nitrogen and oxygen atoms in total. The van der Waals surface area contributed by atoms with E-state index in [2.05, 4.69) is 0 Å². The average Bonchev–Trinajstić information content (AvgIpc) is 2.38. The Labute approximate surface area is 110 Å². The molecular formula is C13H17FN2O3. The molecule has 1 aliphatic heterocycles. The molecular weight excluding hydrogens is 251 g/mol. The SMILES string of the molecule is COC1CCN(c2cc(C(=O)O)c(N)cc2F)CC1. The van der Waals surface area contributed by atoms with E-state index in [1.54, 1.807) is 7.11 Å². The van der Waals surface area contributed by atoms with E-state index in [-0.39, 0.29) is 17.4 Å². The number of carboxylic acids is 1. The van der Waals surface area contributed by atoms with E-state index in [9.17, 15) is 9.18 Å². The summed E-state index contributed by atoms with van der Waals surface area (Å²) < 4.78 is 19.2. The van der Waals surface area contributed by atoms with Gasteiger partial charge in [-0.15, -0.1) is 0 Å². The summed E-state index contributed by atoms with van der Waals surface area (Å²) in [5.41, 5.74) is 5.68. The van der Waals surface area contributed by atoms with E-state index < -0.39 is 11.8 Å². The third kappa shape index (κ3) is 2.78. The number of ether oxygens (including phenoxy) is 1. The third-order valence-corrected chi connectivity index (χ3v) is 3.47. The van der Waals surface area contributed by atoms with Gasteiger partial charge in [0.25, 0.3) is 0 Å².